The fourth-order valence-corrected chi connectivity index (χ4v) is 3.53. The Hall–Kier alpha value is -2.45. The first-order valence-corrected chi connectivity index (χ1v) is 8.61. The third-order valence-corrected chi connectivity index (χ3v) is 4.94. The lowest BCUT2D eigenvalue weighted by Crippen LogP contribution is -2.50. The molecule has 1 saturated heterocycles. The molecule has 1 fully saturated rings. The first kappa shape index (κ1) is 17.4. The van der Waals surface area contributed by atoms with Crippen LogP contribution in [0.15, 0.2) is 29.6 Å². The number of carboxylic acids is 1. The SMILES string of the molecule is COc1ccc(-c2nc(C(=O)NC3(CC(=O)O)CCOC3)cs2)cc1. The predicted octanol–water partition coefficient (Wildman–Crippen LogP) is 2.18. The Morgan fingerprint density at radius 2 is 2.16 bits per heavy atom. The van der Waals surface area contributed by atoms with Crippen molar-refractivity contribution >= 4 is 23.2 Å². The zero-order valence-corrected chi connectivity index (χ0v) is 14.5. The number of amides is 1. The summed E-state index contributed by atoms with van der Waals surface area (Å²) in [4.78, 5) is 28.0. The van der Waals surface area contributed by atoms with Crippen LogP contribution >= 0.6 is 11.3 Å². The molecule has 132 valence electrons. The number of rotatable bonds is 6. The molecule has 0 radical (unpaired) electrons. The minimum atomic E-state index is -0.969. The summed E-state index contributed by atoms with van der Waals surface area (Å²) >= 11 is 1.35. The number of carbonyl (C=O) groups excluding carboxylic acids is 1. The van der Waals surface area contributed by atoms with E-state index in [0.717, 1.165) is 11.3 Å². The van der Waals surface area contributed by atoms with Crippen LogP contribution in [0.1, 0.15) is 23.3 Å². The minimum Gasteiger partial charge on any atom is -0.497 e. The molecule has 0 aliphatic carbocycles. The summed E-state index contributed by atoms with van der Waals surface area (Å²) in [7, 11) is 1.60. The van der Waals surface area contributed by atoms with Crippen molar-refractivity contribution in [3.63, 3.8) is 0 Å². The summed E-state index contributed by atoms with van der Waals surface area (Å²) in [6.07, 6.45) is 0.300. The number of thiazole rings is 1. The Balaban J connectivity index is 1.74. The van der Waals surface area contributed by atoms with E-state index in [4.69, 9.17) is 14.6 Å². The molecular formula is C17H18N2O5S. The number of aliphatic carboxylic acids is 1. The van der Waals surface area contributed by atoms with Crippen molar-refractivity contribution in [2.24, 2.45) is 0 Å². The summed E-state index contributed by atoms with van der Waals surface area (Å²) in [6, 6.07) is 7.40. The van der Waals surface area contributed by atoms with Crippen LogP contribution in [0.4, 0.5) is 0 Å². The minimum absolute atomic E-state index is 0.172. The molecule has 8 heteroatoms. The van der Waals surface area contributed by atoms with E-state index >= 15 is 0 Å². The zero-order valence-electron chi connectivity index (χ0n) is 13.7. The van der Waals surface area contributed by atoms with Crippen molar-refractivity contribution < 1.29 is 24.2 Å². The third kappa shape index (κ3) is 3.97. The summed E-state index contributed by atoms with van der Waals surface area (Å²) in [5, 5.41) is 14.3. The molecule has 2 N–H and O–H groups in total. The monoisotopic (exact) mass is 362 g/mol. The highest BCUT2D eigenvalue weighted by molar-refractivity contribution is 7.13. The molecule has 1 aromatic carbocycles. The van der Waals surface area contributed by atoms with E-state index in [-0.39, 0.29) is 24.6 Å². The van der Waals surface area contributed by atoms with E-state index in [0.29, 0.717) is 18.0 Å². The van der Waals surface area contributed by atoms with E-state index in [2.05, 4.69) is 10.3 Å². The van der Waals surface area contributed by atoms with E-state index in [1.807, 2.05) is 24.3 Å². The van der Waals surface area contributed by atoms with Gasteiger partial charge in [-0.05, 0) is 30.7 Å². The van der Waals surface area contributed by atoms with Crippen LogP contribution in [0.3, 0.4) is 0 Å². The Morgan fingerprint density at radius 3 is 2.76 bits per heavy atom. The highest BCUT2D eigenvalue weighted by atomic mass is 32.1. The van der Waals surface area contributed by atoms with Gasteiger partial charge >= 0.3 is 5.97 Å². The second-order valence-corrected chi connectivity index (χ2v) is 6.73. The average Bonchev–Trinajstić information content (AvgIpc) is 3.24. The number of benzene rings is 1. The zero-order chi connectivity index (χ0) is 17.9. The van der Waals surface area contributed by atoms with Crippen LogP contribution in [0.25, 0.3) is 10.6 Å². The first-order valence-electron chi connectivity index (χ1n) is 7.73. The smallest absolute Gasteiger partial charge is 0.305 e. The number of carbonyl (C=O) groups is 2. The van der Waals surface area contributed by atoms with Crippen LogP contribution in [0.2, 0.25) is 0 Å². The van der Waals surface area contributed by atoms with Gasteiger partial charge in [0.25, 0.3) is 5.91 Å². The van der Waals surface area contributed by atoms with Gasteiger partial charge in [0.2, 0.25) is 0 Å². The highest BCUT2D eigenvalue weighted by Gasteiger charge is 2.39. The van der Waals surface area contributed by atoms with Crippen LogP contribution in [0.5, 0.6) is 5.75 Å². The highest BCUT2D eigenvalue weighted by Crippen LogP contribution is 2.27. The van der Waals surface area contributed by atoms with Crippen LogP contribution < -0.4 is 10.1 Å². The van der Waals surface area contributed by atoms with Crippen molar-refractivity contribution in [3.8, 4) is 16.3 Å². The second-order valence-electron chi connectivity index (χ2n) is 5.87. The van der Waals surface area contributed by atoms with E-state index < -0.39 is 11.5 Å². The predicted molar refractivity (Wildman–Crippen MR) is 92.0 cm³/mol. The third-order valence-electron chi connectivity index (χ3n) is 4.05. The molecule has 2 heterocycles. The number of hydrogen-bond acceptors (Lipinski definition) is 6. The maximum Gasteiger partial charge on any atom is 0.305 e. The van der Waals surface area contributed by atoms with Gasteiger partial charge < -0.3 is 19.9 Å². The first-order chi connectivity index (χ1) is 12.0. The maximum absolute atomic E-state index is 12.5. The number of methoxy groups -OCH3 is 1. The molecule has 1 atom stereocenters. The molecule has 2 aromatic rings. The van der Waals surface area contributed by atoms with Gasteiger partial charge in [0, 0.05) is 17.6 Å². The Kier molecular flexibility index (Phi) is 5.00. The summed E-state index contributed by atoms with van der Waals surface area (Å²) < 4.78 is 10.4. The van der Waals surface area contributed by atoms with Crippen LogP contribution in [0, 0.1) is 0 Å². The standard InChI is InChI=1S/C17H18N2O5S/c1-23-12-4-2-11(3-5-12)16-18-13(9-25-16)15(22)19-17(8-14(20)21)6-7-24-10-17/h2-5,9H,6-8,10H2,1H3,(H,19,22)(H,20,21). The van der Waals surface area contributed by atoms with Gasteiger partial charge in [-0.1, -0.05) is 0 Å². The van der Waals surface area contributed by atoms with E-state index in [1.165, 1.54) is 11.3 Å². The lowest BCUT2D eigenvalue weighted by molar-refractivity contribution is -0.138. The largest absolute Gasteiger partial charge is 0.497 e. The molecule has 1 aliphatic heterocycles. The molecule has 3 rings (SSSR count). The molecule has 0 saturated carbocycles. The quantitative estimate of drug-likeness (QED) is 0.817. The molecule has 1 aliphatic rings. The molecular weight excluding hydrogens is 344 g/mol. The van der Waals surface area contributed by atoms with Crippen molar-refractivity contribution in [3.05, 3.63) is 35.3 Å². The van der Waals surface area contributed by atoms with Gasteiger partial charge in [-0.2, -0.15) is 0 Å². The Morgan fingerprint density at radius 1 is 1.40 bits per heavy atom. The lowest BCUT2D eigenvalue weighted by atomic mass is 9.94. The topological polar surface area (TPSA) is 97.8 Å². The summed E-state index contributed by atoms with van der Waals surface area (Å²) in [5.41, 5.74) is 0.286. The molecule has 0 spiro atoms. The molecule has 0 bridgehead atoms. The second kappa shape index (κ2) is 7.20. The number of ether oxygens (including phenoxy) is 2. The Labute approximate surface area is 148 Å². The number of carboxylic acid groups (broad SMARTS) is 1. The van der Waals surface area contributed by atoms with E-state index in [1.54, 1.807) is 12.5 Å². The fraction of sp³-hybridized carbons (Fsp3) is 0.353. The fourth-order valence-electron chi connectivity index (χ4n) is 2.73. The van der Waals surface area contributed by atoms with Gasteiger partial charge in [0.15, 0.2) is 0 Å². The van der Waals surface area contributed by atoms with Crippen LogP contribution in [-0.4, -0.2) is 47.8 Å². The summed E-state index contributed by atoms with van der Waals surface area (Å²) in [6.45, 7) is 0.627. The van der Waals surface area contributed by atoms with E-state index in [9.17, 15) is 9.59 Å². The molecule has 1 unspecified atom stereocenters. The van der Waals surface area contributed by atoms with Gasteiger partial charge in [-0.15, -0.1) is 11.3 Å². The Bertz CT molecular complexity index is 766. The number of nitrogens with one attached hydrogen (secondary N) is 1. The van der Waals surface area contributed by atoms with Crippen molar-refractivity contribution in [2.45, 2.75) is 18.4 Å². The average molecular weight is 362 g/mol. The van der Waals surface area contributed by atoms with Gasteiger partial charge in [0.1, 0.15) is 16.5 Å². The van der Waals surface area contributed by atoms with Crippen LogP contribution in [-0.2, 0) is 9.53 Å². The lowest BCUT2D eigenvalue weighted by Gasteiger charge is -2.26. The van der Waals surface area contributed by atoms with Gasteiger partial charge in [-0.25, -0.2) is 4.98 Å². The maximum atomic E-state index is 12.5. The molecule has 1 amide bonds. The van der Waals surface area contributed by atoms with Crippen molar-refractivity contribution in [1.82, 2.24) is 10.3 Å². The van der Waals surface area contributed by atoms with Crippen molar-refractivity contribution in [2.75, 3.05) is 20.3 Å². The molecule has 7 nitrogen and oxygen atoms in total. The van der Waals surface area contributed by atoms with Gasteiger partial charge in [0.05, 0.1) is 25.7 Å². The molecule has 1 aromatic heterocycles. The number of hydrogen-bond donors (Lipinski definition) is 2. The summed E-state index contributed by atoms with van der Waals surface area (Å²) in [5.74, 6) is -0.610. The normalized spacial score (nSPS) is 19.6. The van der Waals surface area contributed by atoms with Gasteiger partial charge in [-0.3, -0.25) is 9.59 Å². The number of nitrogens with zero attached hydrogens (tertiary/aromatic N) is 1. The number of aromatic nitrogens is 1. The molecule has 25 heavy (non-hydrogen) atoms. The van der Waals surface area contributed by atoms with Crippen molar-refractivity contribution in [1.29, 1.82) is 0 Å².